The summed E-state index contributed by atoms with van der Waals surface area (Å²) in [5, 5.41) is 14.6. The van der Waals surface area contributed by atoms with E-state index in [4.69, 9.17) is 5.73 Å². The molecule has 2 aromatic rings. The van der Waals surface area contributed by atoms with Gasteiger partial charge in [0.2, 0.25) is 5.91 Å². The monoisotopic (exact) mass is 312 g/mol. The van der Waals surface area contributed by atoms with E-state index in [1.807, 2.05) is 12.1 Å². The lowest BCUT2D eigenvalue weighted by Gasteiger charge is -2.04. The Bertz CT molecular complexity index is 754. The Kier molecular flexibility index (Phi) is 5.03. The molecule has 0 saturated carbocycles. The number of carbonyl (C=O) groups is 1. The van der Waals surface area contributed by atoms with E-state index in [1.54, 1.807) is 31.2 Å². The van der Waals surface area contributed by atoms with Crippen LogP contribution in [0.3, 0.4) is 0 Å². The summed E-state index contributed by atoms with van der Waals surface area (Å²) in [6.45, 7) is 1.76. The van der Waals surface area contributed by atoms with Crippen LogP contribution in [0.2, 0.25) is 0 Å². The molecule has 1 amide bonds. The second-order valence-electron chi connectivity index (χ2n) is 4.96. The minimum absolute atomic E-state index is 0.00955. The zero-order chi connectivity index (χ0) is 16.8. The lowest BCUT2D eigenvalue weighted by atomic mass is 10.1. The second kappa shape index (κ2) is 7.17. The first-order valence-corrected chi connectivity index (χ1v) is 6.88. The fourth-order valence-electron chi connectivity index (χ4n) is 1.93. The molecule has 2 rings (SSSR count). The lowest BCUT2D eigenvalue weighted by molar-refractivity contribution is -0.384. The predicted octanol–water partition coefficient (Wildman–Crippen LogP) is 2.26. The van der Waals surface area contributed by atoms with Crippen molar-refractivity contribution in [3.05, 3.63) is 69.8 Å². The van der Waals surface area contributed by atoms with Crippen LogP contribution < -0.4 is 11.2 Å². The van der Waals surface area contributed by atoms with E-state index in [-0.39, 0.29) is 18.0 Å². The molecule has 0 aliphatic rings. The van der Waals surface area contributed by atoms with Gasteiger partial charge in [-0.3, -0.25) is 14.9 Å². The smallest absolute Gasteiger partial charge is 0.269 e. The third-order valence-corrected chi connectivity index (χ3v) is 3.16. The number of carbonyl (C=O) groups excluding carboxylic acids is 1. The summed E-state index contributed by atoms with van der Waals surface area (Å²) in [5.74, 6) is -0.304. The summed E-state index contributed by atoms with van der Waals surface area (Å²) >= 11 is 0. The van der Waals surface area contributed by atoms with Crippen LogP contribution in [0.5, 0.6) is 0 Å². The van der Waals surface area contributed by atoms with E-state index in [2.05, 4.69) is 10.5 Å². The number of nitrogens with one attached hydrogen (secondary N) is 1. The van der Waals surface area contributed by atoms with Crippen molar-refractivity contribution in [3.63, 3.8) is 0 Å². The maximum Gasteiger partial charge on any atom is 0.269 e. The van der Waals surface area contributed by atoms with Crippen molar-refractivity contribution in [1.82, 2.24) is 5.43 Å². The molecule has 3 N–H and O–H groups in total. The highest BCUT2D eigenvalue weighted by Gasteiger charge is 2.07. The molecule has 2 aromatic carbocycles. The second-order valence-corrected chi connectivity index (χ2v) is 4.96. The highest BCUT2D eigenvalue weighted by Crippen LogP contribution is 2.12. The maximum absolute atomic E-state index is 11.9. The minimum Gasteiger partial charge on any atom is -0.399 e. The summed E-state index contributed by atoms with van der Waals surface area (Å²) in [5.41, 5.74) is 10.9. The quantitative estimate of drug-likeness (QED) is 0.382. The van der Waals surface area contributed by atoms with Crippen LogP contribution in [0, 0.1) is 10.1 Å². The number of rotatable bonds is 5. The molecule has 0 bridgehead atoms. The Morgan fingerprint density at radius 3 is 2.57 bits per heavy atom. The Morgan fingerprint density at radius 2 is 1.96 bits per heavy atom. The van der Waals surface area contributed by atoms with Crippen LogP contribution in [-0.2, 0) is 11.2 Å². The maximum atomic E-state index is 11.9. The highest BCUT2D eigenvalue weighted by atomic mass is 16.6. The van der Waals surface area contributed by atoms with E-state index in [1.165, 1.54) is 12.1 Å². The molecule has 7 heteroatoms. The van der Waals surface area contributed by atoms with E-state index >= 15 is 0 Å². The molecule has 0 aliphatic heterocycles. The SMILES string of the molecule is CC(=NNC(=O)Cc1ccc([N+](=O)[O-])cc1)c1cccc(N)c1. The molecule has 0 fully saturated rings. The number of hydrogen-bond acceptors (Lipinski definition) is 5. The summed E-state index contributed by atoms with van der Waals surface area (Å²) in [4.78, 5) is 21.9. The summed E-state index contributed by atoms with van der Waals surface area (Å²) in [7, 11) is 0. The highest BCUT2D eigenvalue weighted by molar-refractivity contribution is 5.99. The van der Waals surface area contributed by atoms with Crippen molar-refractivity contribution in [1.29, 1.82) is 0 Å². The van der Waals surface area contributed by atoms with Crippen LogP contribution >= 0.6 is 0 Å². The minimum atomic E-state index is -0.483. The van der Waals surface area contributed by atoms with Gasteiger partial charge in [-0.15, -0.1) is 0 Å². The van der Waals surface area contributed by atoms with E-state index in [9.17, 15) is 14.9 Å². The predicted molar refractivity (Wildman–Crippen MR) is 88.0 cm³/mol. The van der Waals surface area contributed by atoms with Gasteiger partial charge in [0.05, 0.1) is 17.1 Å². The molecule has 0 aromatic heterocycles. The van der Waals surface area contributed by atoms with Crippen molar-refractivity contribution < 1.29 is 9.72 Å². The van der Waals surface area contributed by atoms with Crippen LogP contribution in [-0.4, -0.2) is 16.5 Å². The number of non-ortho nitro benzene ring substituents is 1. The Balaban J connectivity index is 1.96. The number of nitro groups is 1. The third kappa shape index (κ3) is 4.63. The molecule has 7 nitrogen and oxygen atoms in total. The fourth-order valence-corrected chi connectivity index (χ4v) is 1.93. The number of hydrogen-bond donors (Lipinski definition) is 2. The van der Waals surface area contributed by atoms with Crippen LogP contribution in [0.4, 0.5) is 11.4 Å². The average Bonchev–Trinajstić information content (AvgIpc) is 2.53. The standard InChI is InChI=1S/C16H16N4O3/c1-11(13-3-2-4-14(17)10-13)18-19-16(21)9-12-5-7-15(8-6-12)20(22)23/h2-8,10H,9,17H2,1H3,(H,19,21). The van der Waals surface area contributed by atoms with Gasteiger partial charge in [-0.05, 0) is 30.2 Å². The number of nitrogens with zero attached hydrogens (tertiary/aromatic N) is 2. The van der Waals surface area contributed by atoms with E-state index in [0.717, 1.165) is 5.56 Å². The largest absolute Gasteiger partial charge is 0.399 e. The molecule has 0 heterocycles. The van der Waals surface area contributed by atoms with Crippen molar-refractivity contribution in [2.75, 3.05) is 5.73 Å². The topological polar surface area (TPSA) is 111 Å². The molecule has 0 radical (unpaired) electrons. The Morgan fingerprint density at radius 1 is 1.26 bits per heavy atom. The number of nitrogens with two attached hydrogens (primary N) is 1. The summed E-state index contributed by atoms with van der Waals surface area (Å²) in [6.07, 6.45) is 0.0890. The number of benzene rings is 2. The fraction of sp³-hybridized carbons (Fsp3) is 0.125. The van der Waals surface area contributed by atoms with Gasteiger partial charge >= 0.3 is 0 Å². The van der Waals surface area contributed by atoms with Gasteiger partial charge < -0.3 is 5.73 Å². The summed E-state index contributed by atoms with van der Waals surface area (Å²) in [6, 6.07) is 13.0. The molecular formula is C16H16N4O3. The average molecular weight is 312 g/mol. The molecule has 0 saturated heterocycles. The van der Waals surface area contributed by atoms with Gasteiger partial charge in [0, 0.05) is 17.8 Å². The Labute approximate surface area is 133 Å². The van der Waals surface area contributed by atoms with E-state index < -0.39 is 4.92 Å². The number of amides is 1. The molecule has 0 spiro atoms. The molecule has 0 atom stereocenters. The van der Waals surface area contributed by atoms with Crippen LogP contribution in [0.1, 0.15) is 18.1 Å². The number of nitro benzene ring substituents is 1. The first-order valence-electron chi connectivity index (χ1n) is 6.88. The lowest BCUT2D eigenvalue weighted by Crippen LogP contribution is -2.21. The van der Waals surface area contributed by atoms with Gasteiger partial charge in [-0.25, -0.2) is 5.43 Å². The van der Waals surface area contributed by atoms with Gasteiger partial charge in [0.15, 0.2) is 0 Å². The van der Waals surface area contributed by atoms with Gasteiger partial charge in [0.1, 0.15) is 0 Å². The van der Waals surface area contributed by atoms with Crippen molar-refractivity contribution in [3.8, 4) is 0 Å². The van der Waals surface area contributed by atoms with Gasteiger partial charge in [0.25, 0.3) is 5.69 Å². The van der Waals surface area contributed by atoms with Gasteiger partial charge in [-0.2, -0.15) is 5.10 Å². The zero-order valence-electron chi connectivity index (χ0n) is 12.5. The van der Waals surface area contributed by atoms with Crippen LogP contribution in [0.25, 0.3) is 0 Å². The molecule has 0 aliphatic carbocycles. The first kappa shape index (κ1) is 16.2. The van der Waals surface area contributed by atoms with Gasteiger partial charge in [-0.1, -0.05) is 24.3 Å². The zero-order valence-corrected chi connectivity index (χ0v) is 12.5. The molecular weight excluding hydrogens is 296 g/mol. The Hall–Kier alpha value is -3.22. The number of anilines is 1. The molecule has 23 heavy (non-hydrogen) atoms. The number of hydrazone groups is 1. The van der Waals surface area contributed by atoms with E-state index in [0.29, 0.717) is 17.0 Å². The van der Waals surface area contributed by atoms with Crippen molar-refractivity contribution >= 4 is 23.0 Å². The summed E-state index contributed by atoms with van der Waals surface area (Å²) < 4.78 is 0. The number of nitrogen functional groups attached to an aromatic ring is 1. The molecule has 118 valence electrons. The molecule has 0 unspecified atom stereocenters. The first-order chi connectivity index (χ1) is 11.0. The van der Waals surface area contributed by atoms with Crippen molar-refractivity contribution in [2.45, 2.75) is 13.3 Å². The van der Waals surface area contributed by atoms with Crippen LogP contribution in [0.15, 0.2) is 53.6 Å². The van der Waals surface area contributed by atoms with Crippen molar-refractivity contribution in [2.24, 2.45) is 5.10 Å². The normalized spacial score (nSPS) is 11.1. The third-order valence-electron chi connectivity index (χ3n) is 3.16.